The predicted molar refractivity (Wildman–Crippen MR) is 117 cm³/mol. The molecule has 2 aliphatic rings. The third-order valence-corrected chi connectivity index (χ3v) is 6.52. The van der Waals surface area contributed by atoms with Gasteiger partial charge in [0.15, 0.2) is 0 Å². The van der Waals surface area contributed by atoms with Gasteiger partial charge in [0.2, 0.25) is 0 Å². The minimum atomic E-state index is 0.0918. The molecule has 2 aromatic carbocycles. The van der Waals surface area contributed by atoms with Gasteiger partial charge in [-0.2, -0.15) is 0 Å². The topological polar surface area (TPSA) is 32.3 Å². The Hall–Kier alpha value is -1.97. The summed E-state index contributed by atoms with van der Waals surface area (Å²) in [6.07, 6.45) is 5.49. The molecule has 1 aliphatic heterocycles. The summed E-state index contributed by atoms with van der Waals surface area (Å²) < 4.78 is 0. The second-order valence-corrected chi connectivity index (χ2v) is 8.26. The van der Waals surface area contributed by atoms with E-state index < -0.39 is 0 Å². The molecule has 0 fully saturated rings. The van der Waals surface area contributed by atoms with Gasteiger partial charge in [-0.15, -0.1) is 0 Å². The molecule has 0 aromatic heterocycles. The van der Waals surface area contributed by atoms with E-state index in [-0.39, 0.29) is 17.9 Å². The Morgan fingerprint density at radius 1 is 1.11 bits per heavy atom. The summed E-state index contributed by atoms with van der Waals surface area (Å²) in [4.78, 5) is 14.7. The first-order valence-electron chi connectivity index (χ1n) is 9.84. The second-order valence-electron chi connectivity index (χ2n) is 7.42. The molecular formula is C23H24Cl2N2O. The van der Waals surface area contributed by atoms with Crippen molar-refractivity contribution in [1.29, 1.82) is 0 Å². The molecule has 0 saturated carbocycles. The Kier molecular flexibility index (Phi) is 5.39. The number of hydrogen-bond acceptors (Lipinski definition) is 2. The zero-order valence-electron chi connectivity index (χ0n) is 16.1. The summed E-state index contributed by atoms with van der Waals surface area (Å²) in [6, 6.07) is 11.8. The van der Waals surface area contributed by atoms with E-state index in [9.17, 15) is 4.79 Å². The lowest BCUT2D eigenvalue weighted by Crippen LogP contribution is -2.32. The molecular weight excluding hydrogens is 391 g/mol. The van der Waals surface area contributed by atoms with E-state index in [1.807, 2.05) is 43.0 Å². The number of carbonyl (C=O) groups is 1. The number of amides is 1. The van der Waals surface area contributed by atoms with Gasteiger partial charge in [-0.25, -0.2) is 0 Å². The number of nitrogens with zero attached hydrogens (tertiary/aromatic N) is 1. The number of nitrogens with one attached hydrogen (secondary N) is 1. The molecule has 1 aliphatic carbocycles. The summed E-state index contributed by atoms with van der Waals surface area (Å²) in [5.41, 5.74) is 4.09. The van der Waals surface area contributed by atoms with Gasteiger partial charge in [0.05, 0.1) is 6.04 Å². The molecule has 4 rings (SSSR count). The SMILES string of the molecule is CCN(CC)C(=O)c1ccc2c(c1)C1C=CCC1C(c1ccc(Cl)cc1Cl)N2. The largest absolute Gasteiger partial charge is 0.378 e. The maximum atomic E-state index is 12.8. The van der Waals surface area contributed by atoms with Crippen molar-refractivity contribution >= 4 is 34.8 Å². The van der Waals surface area contributed by atoms with Gasteiger partial charge in [0.1, 0.15) is 0 Å². The van der Waals surface area contributed by atoms with E-state index in [0.717, 1.165) is 23.2 Å². The molecule has 1 heterocycles. The van der Waals surface area contributed by atoms with Gasteiger partial charge in [0.25, 0.3) is 5.91 Å². The number of carbonyl (C=O) groups excluding carboxylic acids is 1. The van der Waals surface area contributed by atoms with E-state index >= 15 is 0 Å². The first kappa shape index (κ1) is 19.4. The highest BCUT2D eigenvalue weighted by atomic mass is 35.5. The smallest absolute Gasteiger partial charge is 0.253 e. The third kappa shape index (κ3) is 3.31. The number of rotatable bonds is 4. The summed E-state index contributed by atoms with van der Waals surface area (Å²) in [7, 11) is 0. The fraction of sp³-hybridized carbons (Fsp3) is 0.348. The predicted octanol–water partition coefficient (Wildman–Crippen LogP) is 6.30. The molecule has 3 nitrogen and oxygen atoms in total. The van der Waals surface area contributed by atoms with E-state index in [4.69, 9.17) is 23.2 Å². The molecule has 0 saturated heterocycles. The van der Waals surface area contributed by atoms with E-state index in [1.165, 1.54) is 5.56 Å². The molecule has 2 aromatic rings. The Balaban J connectivity index is 1.72. The van der Waals surface area contributed by atoms with E-state index in [2.05, 4.69) is 23.5 Å². The standard InChI is InChI=1S/C23H24Cl2N2O/c1-3-27(4-2)23(28)14-8-11-21-19(12-14)16-6-5-7-17(16)22(26-21)18-10-9-15(24)13-20(18)25/h5-6,8-13,16-17,22,26H,3-4,7H2,1-2H3. The molecule has 146 valence electrons. The zero-order chi connectivity index (χ0) is 19.8. The highest BCUT2D eigenvalue weighted by Crippen LogP contribution is 2.51. The first-order valence-corrected chi connectivity index (χ1v) is 10.6. The van der Waals surface area contributed by atoms with Crippen LogP contribution < -0.4 is 5.32 Å². The van der Waals surface area contributed by atoms with Crippen LogP contribution in [-0.2, 0) is 0 Å². The average Bonchev–Trinajstić information content (AvgIpc) is 3.18. The number of anilines is 1. The van der Waals surface area contributed by atoms with Crippen LogP contribution in [0.3, 0.4) is 0 Å². The van der Waals surface area contributed by atoms with Crippen molar-refractivity contribution in [3.05, 3.63) is 75.3 Å². The first-order chi connectivity index (χ1) is 13.5. The zero-order valence-corrected chi connectivity index (χ0v) is 17.6. The lowest BCUT2D eigenvalue weighted by Gasteiger charge is -2.38. The van der Waals surface area contributed by atoms with Crippen molar-refractivity contribution in [3.63, 3.8) is 0 Å². The van der Waals surface area contributed by atoms with Crippen LogP contribution in [-0.4, -0.2) is 23.9 Å². The van der Waals surface area contributed by atoms with Crippen molar-refractivity contribution < 1.29 is 4.79 Å². The molecule has 0 spiro atoms. The minimum Gasteiger partial charge on any atom is -0.378 e. The Labute approximate surface area is 176 Å². The quantitative estimate of drug-likeness (QED) is 0.594. The number of fused-ring (bicyclic) bond motifs is 3. The summed E-state index contributed by atoms with van der Waals surface area (Å²) in [5.74, 6) is 0.733. The van der Waals surface area contributed by atoms with Gasteiger partial charge < -0.3 is 10.2 Å². The number of hydrogen-bond donors (Lipinski definition) is 1. The van der Waals surface area contributed by atoms with Gasteiger partial charge >= 0.3 is 0 Å². The number of benzene rings is 2. The lowest BCUT2D eigenvalue weighted by atomic mass is 9.76. The van der Waals surface area contributed by atoms with Crippen LogP contribution in [0.2, 0.25) is 10.0 Å². The van der Waals surface area contributed by atoms with Crippen LogP contribution in [0.15, 0.2) is 48.6 Å². The van der Waals surface area contributed by atoms with Gasteiger partial charge in [-0.3, -0.25) is 4.79 Å². The maximum Gasteiger partial charge on any atom is 0.253 e. The van der Waals surface area contributed by atoms with Gasteiger partial charge in [-0.05, 0) is 67.6 Å². The van der Waals surface area contributed by atoms with E-state index in [1.54, 1.807) is 6.07 Å². The summed E-state index contributed by atoms with van der Waals surface area (Å²) in [5, 5.41) is 5.01. The van der Waals surface area contributed by atoms with Crippen LogP contribution in [0.25, 0.3) is 0 Å². The number of allylic oxidation sites excluding steroid dienone is 2. The summed E-state index contributed by atoms with van der Waals surface area (Å²) in [6.45, 7) is 5.46. The van der Waals surface area contributed by atoms with Gasteiger partial charge in [-0.1, -0.05) is 41.4 Å². The number of halogens is 2. The molecule has 1 N–H and O–H groups in total. The molecule has 28 heavy (non-hydrogen) atoms. The van der Waals surface area contributed by atoms with Crippen molar-refractivity contribution in [2.75, 3.05) is 18.4 Å². The fourth-order valence-electron chi connectivity index (χ4n) is 4.48. The Morgan fingerprint density at radius 2 is 1.89 bits per heavy atom. The highest BCUT2D eigenvalue weighted by molar-refractivity contribution is 6.35. The Morgan fingerprint density at radius 3 is 2.61 bits per heavy atom. The van der Waals surface area contributed by atoms with Crippen LogP contribution >= 0.6 is 23.2 Å². The van der Waals surface area contributed by atoms with Crippen LogP contribution in [0.4, 0.5) is 5.69 Å². The van der Waals surface area contributed by atoms with Crippen LogP contribution in [0.5, 0.6) is 0 Å². The van der Waals surface area contributed by atoms with Crippen LogP contribution in [0, 0.1) is 5.92 Å². The van der Waals surface area contributed by atoms with Crippen molar-refractivity contribution in [2.24, 2.45) is 5.92 Å². The molecule has 3 unspecified atom stereocenters. The molecule has 0 bridgehead atoms. The summed E-state index contributed by atoms with van der Waals surface area (Å²) >= 11 is 12.6. The third-order valence-electron chi connectivity index (χ3n) is 5.96. The van der Waals surface area contributed by atoms with Crippen molar-refractivity contribution in [3.8, 4) is 0 Å². The molecule has 3 atom stereocenters. The van der Waals surface area contributed by atoms with E-state index in [0.29, 0.717) is 29.1 Å². The van der Waals surface area contributed by atoms with Crippen molar-refractivity contribution in [2.45, 2.75) is 32.2 Å². The fourth-order valence-corrected chi connectivity index (χ4v) is 5.01. The maximum absolute atomic E-state index is 12.8. The second kappa shape index (κ2) is 7.81. The highest BCUT2D eigenvalue weighted by Gasteiger charge is 2.39. The Bertz CT molecular complexity index is 936. The molecule has 0 radical (unpaired) electrons. The average molecular weight is 415 g/mol. The minimum absolute atomic E-state index is 0.0918. The van der Waals surface area contributed by atoms with Crippen molar-refractivity contribution in [1.82, 2.24) is 4.90 Å². The normalized spacial score (nSPS) is 22.4. The van der Waals surface area contributed by atoms with Crippen LogP contribution in [0.1, 0.15) is 53.7 Å². The lowest BCUT2D eigenvalue weighted by molar-refractivity contribution is 0.0773. The molecule has 1 amide bonds. The molecule has 5 heteroatoms. The monoisotopic (exact) mass is 414 g/mol. The van der Waals surface area contributed by atoms with Gasteiger partial charge in [0, 0.05) is 40.3 Å².